The molecule has 1 aliphatic rings. The molecule has 0 radical (unpaired) electrons. The van der Waals surface area contributed by atoms with Gasteiger partial charge in [0, 0.05) is 37.8 Å². The molecule has 1 unspecified atom stereocenters. The average Bonchev–Trinajstić information content (AvgIpc) is 2.35. The van der Waals surface area contributed by atoms with Crippen LogP contribution in [-0.2, 0) is 6.54 Å². The highest BCUT2D eigenvalue weighted by molar-refractivity contribution is 5.18. The lowest BCUT2D eigenvalue weighted by Gasteiger charge is -2.33. The van der Waals surface area contributed by atoms with Crippen LogP contribution in [0.2, 0.25) is 0 Å². The van der Waals surface area contributed by atoms with Crippen molar-refractivity contribution in [3.8, 4) is 0 Å². The van der Waals surface area contributed by atoms with Gasteiger partial charge in [-0.3, -0.25) is 4.90 Å². The van der Waals surface area contributed by atoms with E-state index in [1.165, 1.54) is 0 Å². The summed E-state index contributed by atoms with van der Waals surface area (Å²) < 4.78 is 26.6. The van der Waals surface area contributed by atoms with E-state index < -0.39 is 11.6 Å². The van der Waals surface area contributed by atoms with Crippen molar-refractivity contribution in [1.29, 1.82) is 0 Å². The third-order valence-electron chi connectivity index (χ3n) is 3.26. The number of nitrogens with zero attached hydrogens (tertiary/aromatic N) is 1. The maximum absolute atomic E-state index is 13.5. The molecule has 1 fully saturated rings. The van der Waals surface area contributed by atoms with Crippen molar-refractivity contribution in [3.63, 3.8) is 0 Å². The van der Waals surface area contributed by atoms with Crippen molar-refractivity contribution in [3.05, 3.63) is 35.4 Å². The monoisotopic (exact) mass is 240 g/mol. The minimum Gasteiger partial charge on any atom is -0.311 e. The first kappa shape index (κ1) is 12.5. The highest BCUT2D eigenvalue weighted by Crippen LogP contribution is 2.15. The Kier molecular flexibility index (Phi) is 4.07. The van der Waals surface area contributed by atoms with Gasteiger partial charge in [0.25, 0.3) is 0 Å². The molecule has 1 aromatic carbocycles. The molecule has 1 aromatic rings. The predicted molar refractivity (Wildman–Crippen MR) is 63.7 cm³/mol. The smallest absolute Gasteiger partial charge is 0.163 e. The van der Waals surface area contributed by atoms with E-state index in [1.54, 1.807) is 12.1 Å². The van der Waals surface area contributed by atoms with Crippen molar-refractivity contribution in [1.82, 2.24) is 10.2 Å². The molecule has 1 heterocycles. The van der Waals surface area contributed by atoms with Crippen molar-refractivity contribution in [2.24, 2.45) is 0 Å². The van der Waals surface area contributed by atoms with Crippen molar-refractivity contribution >= 4 is 0 Å². The zero-order chi connectivity index (χ0) is 12.3. The summed E-state index contributed by atoms with van der Waals surface area (Å²) in [6.07, 6.45) is 1.06. The van der Waals surface area contributed by atoms with Crippen LogP contribution in [0.25, 0.3) is 0 Å². The third kappa shape index (κ3) is 3.01. The summed E-state index contributed by atoms with van der Waals surface area (Å²) in [5, 5.41) is 3.40. The molecular formula is C13H18F2N2. The molecule has 0 bridgehead atoms. The molecule has 94 valence electrons. The minimum atomic E-state index is -0.760. The second-order valence-corrected chi connectivity index (χ2v) is 4.51. The van der Waals surface area contributed by atoms with Gasteiger partial charge in [-0.1, -0.05) is 19.1 Å². The fraction of sp³-hybridized carbons (Fsp3) is 0.538. The quantitative estimate of drug-likeness (QED) is 0.871. The van der Waals surface area contributed by atoms with Crippen LogP contribution in [0.4, 0.5) is 8.78 Å². The Morgan fingerprint density at radius 3 is 3.00 bits per heavy atom. The largest absolute Gasteiger partial charge is 0.311 e. The SMILES string of the molecule is CCC1CN(Cc2cccc(F)c2F)CCN1. The fourth-order valence-electron chi connectivity index (χ4n) is 2.22. The van der Waals surface area contributed by atoms with Crippen LogP contribution < -0.4 is 5.32 Å². The van der Waals surface area contributed by atoms with Gasteiger partial charge in [-0.15, -0.1) is 0 Å². The zero-order valence-electron chi connectivity index (χ0n) is 10.0. The number of halogens is 2. The van der Waals surface area contributed by atoms with Gasteiger partial charge in [-0.05, 0) is 12.5 Å². The lowest BCUT2D eigenvalue weighted by Crippen LogP contribution is -2.49. The third-order valence-corrected chi connectivity index (χ3v) is 3.26. The lowest BCUT2D eigenvalue weighted by molar-refractivity contribution is 0.187. The highest BCUT2D eigenvalue weighted by atomic mass is 19.2. The Morgan fingerprint density at radius 2 is 2.24 bits per heavy atom. The first-order valence-electron chi connectivity index (χ1n) is 6.09. The number of piperazine rings is 1. The van der Waals surface area contributed by atoms with E-state index in [2.05, 4.69) is 17.1 Å². The fourth-order valence-corrected chi connectivity index (χ4v) is 2.22. The van der Waals surface area contributed by atoms with E-state index >= 15 is 0 Å². The van der Waals surface area contributed by atoms with E-state index in [0.717, 1.165) is 32.1 Å². The molecule has 0 saturated carbocycles. The second-order valence-electron chi connectivity index (χ2n) is 4.51. The van der Waals surface area contributed by atoms with Gasteiger partial charge in [-0.25, -0.2) is 8.78 Å². The Bertz CT molecular complexity index is 382. The van der Waals surface area contributed by atoms with Gasteiger partial charge in [0.05, 0.1) is 0 Å². The van der Waals surface area contributed by atoms with Gasteiger partial charge in [0.2, 0.25) is 0 Å². The molecule has 2 nitrogen and oxygen atoms in total. The van der Waals surface area contributed by atoms with Gasteiger partial charge >= 0.3 is 0 Å². The van der Waals surface area contributed by atoms with Crippen LogP contribution in [-0.4, -0.2) is 30.6 Å². The van der Waals surface area contributed by atoms with Crippen molar-refractivity contribution in [2.45, 2.75) is 25.9 Å². The van der Waals surface area contributed by atoms with E-state index in [0.29, 0.717) is 18.2 Å². The molecule has 2 rings (SSSR count). The lowest BCUT2D eigenvalue weighted by atomic mass is 10.1. The van der Waals surface area contributed by atoms with Crippen molar-refractivity contribution < 1.29 is 8.78 Å². The molecule has 0 aliphatic carbocycles. The van der Waals surface area contributed by atoms with Gasteiger partial charge in [-0.2, -0.15) is 0 Å². The van der Waals surface area contributed by atoms with Crippen molar-refractivity contribution in [2.75, 3.05) is 19.6 Å². The first-order valence-corrected chi connectivity index (χ1v) is 6.09. The Labute approximate surface area is 101 Å². The molecule has 1 saturated heterocycles. The van der Waals surface area contributed by atoms with E-state index in [4.69, 9.17) is 0 Å². The topological polar surface area (TPSA) is 15.3 Å². The summed E-state index contributed by atoms with van der Waals surface area (Å²) in [4.78, 5) is 2.17. The van der Waals surface area contributed by atoms with Crippen LogP contribution in [0.3, 0.4) is 0 Å². The molecule has 1 atom stereocenters. The summed E-state index contributed by atoms with van der Waals surface area (Å²) in [6.45, 7) is 5.31. The molecule has 0 amide bonds. The number of rotatable bonds is 3. The molecular weight excluding hydrogens is 222 g/mol. The highest BCUT2D eigenvalue weighted by Gasteiger charge is 2.19. The van der Waals surface area contributed by atoms with Gasteiger partial charge < -0.3 is 5.32 Å². The normalized spacial score (nSPS) is 21.7. The first-order chi connectivity index (χ1) is 8.20. The Morgan fingerprint density at radius 1 is 1.41 bits per heavy atom. The van der Waals surface area contributed by atoms with E-state index in [-0.39, 0.29) is 0 Å². The standard InChI is InChI=1S/C13H18F2N2/c1-2-11-9-17(7-6-16-11)8-10-4-3-5-12(14)13(10)15/h3-5,11,16H,2,6-9H2,1H3. The molecule has 0 spiro atoms. The Hall–Kier alpha value is -1.00. The molecule has 17 heavy (non-hydrogen) atoms. The second kappa shape index (κ2) is 5.56. The predicted octanol–water partition coefficient (Wildman–Crippen LogP) is 2.15. The number of benzene rings is 1. The van der Waals surface area contributed by atoms with Crippen LogP contribution in [0.15, 0.2) is 18.2 Å². The van der Waals surface area contributed by atoms with Gasteiger partial charge in [0.1, 0.15) is 0 Å². The van der Waals surface area contributed by atoms with Crippen LogP contribution in [0.1, 0.15) is 18.9 Å². The molecule has 0 aromatic heterocycles. The molecule has 4 heteroatoms. The maximum Gasteiger partial charge on any atom is 0.163 e. The molecule has 1 aliphatic heterocycles. The summed E-state index contributed by atoms with van der Waals surface area (Å²) >= 11 is 0. The summed E-state index contributed by atoms with van der Waals surface area (Å²) in [5.74, 6) is -1.47. The summed E-state index contributed by atoms with van der Waals surface area (Å²) in [6, 6.07) is 4.83. The summed E-state index contributed by atoms with van der Waals surface area (Å²) in [5.41, 5.74) is 0.446. The maximum atomic E-state index is 13.5. The van der Waals surface area contributed by atoms with E-state index in [1.807, 2.05) is 0 Å². The van der Waals surface area contributed by atoms with Gasteiger partial charge in [0.15, 0.2) is 11.6 Å². The van der Waals surface area contributed by atoms with Crippen LogP contribution in [0.5, 0.6) is 0 Å². The number of hydrogen-bond acceptors (Lipinski definition) is 2. The Balaban J connectivity index is 2.02. The van der Waals surface area contributed by atoms with Crippen LogP contribution >= 0.6 is 0 Å². The average molecular weight is 240 g/mol. The number of hydrogen-bond donors (Lipinski definition) is 1. The zero-order valence-corrected chi connectivity index (χ0v) is 10.0. The number of nitrogens with one attached hydrogen (secondary N) is 1. The summed E-state index contributed by atoms with van der Waals surface area (Å²) in [7, 11) is 0. The van der Waals surface area contributed by atoms with Crippen LogP contribution in [0, 0.1) is 11.6 Å². The molecule has 1 N–H and O–H groups in total. The van der Waals surface area contributed by atoms with E-state index in [9.17, 15) is 8.78 Å². The minimum absolute atomic E-state index is 0.446.